The van der Waals surface area contributed by atoms with E-state index >= 15 is 0 Å². The van der Waals surface area contributed by atoms with Gasteiger partial charge in [-0.25, -0.2) is 13.5 Å². The van der Waals surface area contributed by atoms with Gasteiger partial charge in [-0.15, -0.1) is 5.10 Å². The SMILES string of the molecule is Nc1cn(CC2CC2(F)F)nn1. The van der Waals surface area contributed by atoms with Gasteiger partial charge < -0.3 is 5.73 Å². The van der Waals surface area contributed by atoms with Crippen molar-refractivity contribution in [2.75, 3.05) is 5.73 Å². The van der Waals surface area contributed by atoms with Crippen molar-refractivity contribution in [1.82, 2.24) is 15.0 Å². The first-order chi connectivity index (χ1) is 5.58. The van der Waals surface area contributed by atoms with Crippen LogP contribution in [0.4, 0.5) is 14.6 Å². The van der Waals surface area contributed by atoms with Crippen LogP contribution < -0.4 is 5.73 Å². The first-order valence-electron chi connectivity index (χ1n) is 3.61. The fraction of sp³-hybridized carbons (Fsp3) is 0.667. The molecule has 1 unspecified atom stereocenters. The van der Waals surface area contributed by atoms with Crippen LogP contribution in [0.2, 0.25) is 0 Å². The first-order valence-corrected chi connectivity index (χ1v) is 3.61. The minimum Gasteiger partial charge on any atom is -0.381 e. The van der Waals surface area contributed by atoms with Crippen LogP contribution in [0.25, 0.3) is 0 Å². The number of hydrogen-bond acceptors (Lipinski definition) is 3. The third-order valence-corrected chi connectivity index (χ3v) is 1.92. The van der Waals surface area contributed by atoms with Gasteiger partial charge in [0.1, 0.15) is 0 Å². The van der Waals surface area contributed by atoms with Crippen molar-refractivity contribution in [3.63, 3.8) is 0 Å². The molecule has 1 aromatic heterocycles. The Labute approximate surface area is 67.4 Å². The Morgan fingerprint density at radius 3 is 2.83 bits per heavy atom. The fourth-order valence-corrected chi connectivity index (χ4v) is 1.10. The Bertz CT molecular complexity index is 295. The number of nitrogens with two attached hydrogens (primary N) is 1. The molecule has 0 radical (unpaired) electrons. The molecule has 1 heterocycles. The number of halogens is 2. The topological polar surface area (TPSA) is 56.7 Å². The predicted octanol–water partition coefficient (Wildman–Crippen LogP) is 0.516. The largest absolute Gasteiger partial charge is 0.381 e. The van der Waals surface area contributed by atoms with E-state index in [1.54, 1.807) is 0 Å². The van der Waals surface area contributed by atoms with Crippen LogP contribution in [-0.2, 0) is 6.54 Å². The average Bonchev–Trinajstić information content (AvgIpc) is 2.41. The summed E-state index contributed by atoms with van der Waals surface area (Å²) in [6, 6.07) is 0. The van der Waals surface area contributed by atoms with Gasteiger partial charge in [0, 0.05) is 12.3 Å². The summed E-state index contributed by atoms with van der Waals surface area (Å²) in [4.78, 5) is 0. The van der Waals surface area contributed by atoms with Crippen molar-refractivity contribution < 1.29 is 8.78 Å². The summed E-state index contributed by atoms with van der Waals surface area (Å²) in [6.45, 7) is 0.206. The molecule has 1 aliphatic rings. The van der Waals surface area contributed by atoms with Crippen molar-refractivity contribution in [3.05, 3.63) is 6.20 Å². The van der Waals surface area contributed by atoms with Gasteiger partial charge in [-0.3, -0.25) is 0 Å². The summed E-state index contributed by atoms with van der Waals surface area (Å²) in [5, 5.41) is 7.06. The normalized spacial score (nSPS) is 25.7. The first kappa shape index (κ1) is 7.45. The van der Waals surface area contributed by atoms with Gasteiger partial charge in [-0.05, 0) is 0 Å². The molecule has 0 spiro atoms. The maximum absolute atomic E-state index is 12.4. The lowest BCUT2D eigenvalue weighted by molar-refractivity contribution is 0.0941. The number of rotatable bonds is 2. The van der Waals surface area contributed by atoms with Crippen LogP contribution in [0.3, 0.4) is 0 Å². The van der Waals surface area contributed by atoms with E-state index in [1.165, 1.54) is 10.9 Å². The lowest BCUT2D eigenvalue weighted by atomic mass is 10.4. The molecule has 1 aromatic rings. The van der Waals surface area contributed by atoms with E-state index in [0.717, 1.165) is 0 Å². The van der Waals surface area contributed by atoms with Crippen LogP contribution in [0.15, 0.2) is 6.20 Å². The van der Waals surface area contributed by atoms with E-state index in [4.69, 9.17) is 5.73 Å². The second kappa shape index (κ2) is 2.15. The highest BCUT2D eigenvalue weighted by atomic mass is 19.3. The van der Waals surface area contributed by atoms with Gasteiger partial charge in [0.2, 0.25) is 0 Å². The molecular formula is C6H8F2N4. The van der Waals surface area contributed by atoms with Crippen LogP contribution >= 0.6 is 0 Å². The van der Waals surface area contributed by atoms with Crippen molar-refractivity contribution in [2.24, 2.45) is 5.92 Å². The van der Waals surface area contributed by atoms with E-state index in [-0.39, 0.29) is 18.8 Å². The minimum absolute atomic E-state index is 0.0488. The molecule has 0 aliphatic heterocycles. The third-order valence-electron chi connectivity index (χ3n) is 1.92. The fourth-order valence-electron chi connectivity index (χ4n) is 1.10. The average molecular weight is 174 g/mol. The van der Waals surface area contributed by atoms with Gasteiger partial charge >= 0.3 is 0 Å². The number of aromatic nitrogens is 3. The molecule has 2 N–H and O–H groups in total. The molecular weight excluding hydrogens is 166 g/mol. The van der Waals surface area contributed by atoms with E-state index < -0.39 is 11.8 Å². The molecule has 0 aromatic carbocycles. The Balaban J connectivity index is 1.97. The molecule has 66 valence electrons. The van der Waals surface area contributed by atoms with E-state index in [0.29, 0.717) is 0 Å². The molecule has 6 heteroatoms. The number of nitrogens with zero attached hydrogens (tertiary/aromatic N) is 3. The number of hydrogen-bond donors (Lipinski definition) is 1. The standard InChI is InChI=1S/C6H8F2N4/c7-6(8)1-4(6)2-12-3-5(9)10-11-12/h3-4H,1-2,9H2. The maximum Gasteiger partial charge on any atom is 0.253 e. The summed E-state index contributed by atoms with van der Waals surface area (Å²) in [5.74, 6) is -2.82. The van der Waals surface area contributed by atoms with Crippen molar-refractivity contribution in [1.29, 1.82) is 0 Å². The minimum atomic E-state index is -2.50. The Hall–Kier alpha value is -1.20. The van der Waals surface area contributed by atoms with E-state index in [9.17, 15) is 8.78 Å². The highest BCUT2D eigenvalue weighted by Crippen LogP contribution is 2.49. The highest BCUT2D eigenvalue weighted by molar-refractivity contribution is 5.19. The second-order valence-corrected chi connectivity index (χ2v) is 3.03. The zero-order valence-electron chi connectivity index (χ0n) is 6.24. The zero-order valence-corrected chi connectivity index (χ0v) is 6.24. The predicted molar refractivity (Wildman–Crippen MR) is 37.5 cm³/mol. The molecule has 1 fully saturated rings. The summed E-state index contributed by atoms with van der Waals surface area (Å²) >= 11 is 0. The summed E-state index contributed by atoms with van der Waals surface area (Å²) in [6.07, 6.45) is 1.40. The van der Waals surface area contributed by atoms with E-state index in [2.05, 4.69) is 10.3 Å². The smallest absolute Gasteiger partial charge is 0.253 e. The molecule has 12 heavy (non-hydrogen) atoms. The van der Waals surface area contributed by atoms with Gasteiger partial charge in [0.15, 0.2) is 5.82 Å². The van der Waals surface area contributed by atoms with Crippen LogP contribution in [0.1, 0.15) is 6.42 Å². The summed E-state index contributed by atoms with van der Waals surface area (Å²) < 4.78 is 26.1. The third kappa shape index (κ3) is 1.24. The molecule has 0 amide bonds. The molecule has 0 bridgehead atoms. The maximum atomic E-state index is 12.4. The van der Waals surface area contributed by atoms with Crippen molar-refractivity contribution in [3.8, 4) is 0 Å². The summed E-state index contributed by atoms with van der Waals surface area (Å²) in [5.41, 5.74) is 5.26. The Kier molecular flexibility index (Phi) is 1.33. The molecule has 0 saturated heterocycles. The highest BCUT2D eigenvalue weighted by Gasteiger charge is 2.56. The van der Waals surface area contributed by atoms with Gasteiger partial charge in [0.25, 0.3) is 5.92 Å². The molecule has 1 atom stereocenters. The molecule has 2 rings (SSSR count). The van der Waals surface area contributed by atoms with Gasteiger partial charge in [-0.2, -0.15) is 0 Å². The number of alkyl halides is 2. The van der Waals surface area contributed by atoms with Crippen molar-refractivity contribution >= 4 is 5.82 Å². The lowest BCUT2D eigenvalue weighted by Crippen LogP contribution is -2.05. The van der Waals surface area contributed by atoms with Crippen LogP contribution in [-0.4, -0.2) is 20.9 Å². The van der Waals surface area contributed by atoms with Crippen LogP contribution in [0.5, 0.6) is 0 Å². The monoisotopic (exact) mass is 174 g/mol. The van der Waals surface area contributed by atoms with Crippen molar-refractivity contribution in [2.45, 2.75) is 18.9 Å². The lowest BCUT2D eigenvalue weighted by Gasteiger charge is -1.96. The second-order valence-electron chi connectivity index (χ2n) is 3.03. The number of anilines is 1. The van der Waals surface area contributed by atoms with E-state index in [1.807, 2.05) is 0 Å². The molecule has 4 nitrogen and oxygen atoms in total. The summed E-state index contributed by atoms with van der Waals surface area (Å²) in [7, 11) is 0. The molecule has 1 aliphatic carbocycles. The Morgan fingerprint density at radius 1 is 1.75 bits per heavy atom. The van der Waals surface area contributed by atoms with Crippen LogP contribution in [0, 0.1) is 5.92 Å². The van der Waals surface area contributed by atoms with Gasteiger partial charge in [-0.1, -0.05) is 5.21 Å². The van der Waals surface area contributed by atoms with Gasteiger partial charge in [0.05, 0.1) is 12.7 Å². The number of nitrogen functional groups attached to an aromatic ring is 1. The quantitative estimate of drug-likeness (QED) is 0.710. The molecule has 1 saturated carbocycles. The Morgan fingerprint density at radius 2 is 2.42 bits per heavy atom. The zero-order chi connectivity index (χ0) is 8.77.